The number of amides is 1. The first-order valence-corrected chi connectivity index (χ1v) is 8.78. The Morgan fingerprint density at radius 3 is 2.81 bits per heavy atom. The number of aromatic nitrogens is 4. The Labute approximate surface area is 156 Å². The van der Waals surface area contributed by atoms with Crippen molar-refractivity contribution in [2.75, 3.05) is 13.1 Å². The van der Waals surface area contributed by atoms with Crippen molar-refractivity contribution in [2.24, 2.45) is 13.0 Å². The molecule has 1 aliphatic rings. The molecule has 0 bridgehead atoms. The molecular formula is C18H20ClN5O2. The van der Waals surface area contributed by atoms with Crippen molar-refractivity contribution in [1.29, 1.82) is 0 Å². The number of aryl methyl sites for hydroxylation is 1. The van der Waals surface area contributed by atoms with E-state index in [4.69, 9.17) is 11.6 Å². The Morgan fingerprint density at radius 2 is 2.12 bits per heavy atom. The number of hydrogen-bond acceptors (Lipinski definition) is 5. The van der Waals surface area contributed by atoms with E-state index in [2.05, 4.69) is 21.6 Å². The van der Waals surface area contributed by atoms with E-state index < -0.39 is 0 Å². The van der Waals surface area contributed by atoms with Crippen molar-refractivity contribution >= 4 is 23.3 Å². The summed E-state index contributed by atoms with van der Waals surface area (Å²) in [7, 11) is 1.73. The van der Waals surface area contributed by atoms with Crippen molar-refractivity contribution in [3.8, 4) is 0 Å². The molecule has 0 radical (unpaired) electrons. The Morgan fingerprint density at radius 1 is 1.38 bits per heavy atom. The number of rotatable bonds is 6. The summed E-state index contributed by atoms with van der Waals surface area (Å²) in [4.78, 5) is 34.5. The lowest BCUT2D eigenvalue weighted by atomic mass is 10.0. The Hall–Kier alpha value is -2.54. The average molecular weight is 374 g/mol. The number of carbonyl (C=O) groups excluding carboxylic acids is 2. The quantitative estimate of drug-likeness (QED) is 0.722. The third-order valence-electron chi connectivity index (χ3n) is 4.50. The van der Waals surface area contributed by atoms with Gasteiger partial charge >= 0.3 is 0 Å². The Kier molecular flexibility index (Phi) is 5.46. The smallest absolute Gasteiger partial charge is 0.274 e. The van der Waals surface area contributed by atoms with Crippen LogP contribution in [0.25, 0.3) is 0 Å². The molecule has 1 aliphatic heterocycles. The normalized spacial score (nSPS) is 16.7. The van der Waals surface area contributed by atoms with Crippen LogP contribution >= 0.6 is 11.6 Å². The van der Waals surface area contributed by atoms with E-state index in [-0.39, 0.29) is 18.1 Å². The molecule has 136 valence electrons. The lowest BCUT2D eigenvalue weighted by Gasteiger charge is -2.14. The Bertz CT molecular complexity index is 831. The van der Waals surface area contributed by atoms with Gasteiger partial charge in [-0.3, -0.25) is 14.3 Å². The standard InChI is InChI=1S/C18H20ClN5O2/c1-3-15(25)7-14-8-16(22-23(14)2)18(26)24-5-4-12(11-24)6-17-20-9-13(19)10-21-17/h3,8-10,12H,1,4-7,11H2,2H3. The van der Waals surface area contributed by atoms with E-state index in [0.717, 1.165) is 12.2 Å². The molecule has 0 N–H and O–H groups in total. The second kappa shape index (κ2) is 7.78. The maximum absolute atomic E-state index is 12.7. The van der Waals surface area contributed by atoms with Gasteiger partial charge < -0.3 is 4.90 Å². The van der Waals surface area contributed by atoms with Crippen LogP contribution in [0, 0.1) is 5.92 Å². The number of likely N-dealkylation sites (tertiary alicyclic amines) is 1. The molecule has 2 aromatic rings. The average Bonchev–Trinajstić information content (AvgIpc) is 3.23. The van der Waals surface area contributed by atoms with E-state index in [9.17, 15) is 9.59 Å². The van der Waals surface area contributed by atoms with Crippen LogP contribution in [0.1, 0.15) is 28.4 Å². The highest BCUT2D eigenvalue weighted by Crippen LogP contribution is 2.21. The number of carbonyl (C=O) groups is 2. The number of hydrogen-bond donors (Lipinski definition) is 0. The van der Waals surface area contributed by atoms with Gasteiger partial charge in [-0.15, -0.1) is 0 Å². The Balaban J connectivity index is 1.62. The molecule has 1 saturated heterocycles. The van der Waals surface area contributed by atoms with Crippen molar-refractivity contribution in [1.82, 2.24) is 24.6 Å². The fraction of sp³-hybridized carbons (Fsp3) is 0.389. The summed E-state index contributed by atoms with van der Waals surface area (Å²) < 4.78 is 1.57. The van der Waals surface area contributed by atoms with Gasteiger partial charge in [0.05, 0.1) is 11.4 Å². The maximum Gasteiger partial charge on any atom is 0.274 e. The van der Waals surface area contributed by atoms with Gasteiger partial charge in [-0.05, 0) is 24.5 Å². The number of ketones is 1. The van der Waals surface area contributed by atoms with E-state index in [0.29, 0.717) is 41.8 Å². The fourth-order valence-corrected chi connectivity index (χ4v) is 3.17. The summed E-state index contributed by atoms with van der Waals surface area (Å²) in [6, 6.07) is 1.68. The van der Waals surface area contributed by atoms with Gasteiger partial charge in [-0.25, -0.2) is 9.97 Å². The van der Waals surface area contributed by atoms with Crippen molar-refractivity contribution in [3.05, 3.63) is 53.3 Å². The maximum atomic E-state index is 12.7. The van der Waals surface area contributed by atoms with Gasteiger partial charge in [0.15, 0.2) is 11.5 Å². The number of allylic oxidation sites excluding steroid dienone is 1. The molecule has 8 heteroatoms. The molecule has 2 aromatic heterocycles. The molecular weight excluding hydrogens is 354 g/mol. The first kappa shape index (κ1) is 18.3. The third-order valence-corrected chi connectivity index (χ3v) is 4.69. The highest BCUT2D eigenvalue weighted by molar-refractivity contribution is 6.30. The molecule has 0 spiro atoms. The topological polar surface area (TPSA) is 81.0 Å². The first-order valence-electron chi connectivity index (χ1n) is 8.40. The molecule has 1 fully saturated rings. The SMILES string of the molecule is C=CC(=O)Cc1cc(C(=O)N2CCC(Cc3ncc(Cl)cn3)C2)nn1C. The van der Waals surface area contributed by atoms with Gasteiger partial charge in [-0.2, -0.15) is 5.10 Å². The molecule has 1 unspecified atom stereocenters. The summed E-state index contributed by atoms with van der Waals surface area (Å²) in [6.07, 6.45) is 6.24. The van der Waals surface area contributed by atoms with Crippen LogP contribution in [0.3, 0.4) is 0 Å². The van der Waals surface area contributed by atoms with Gasteiger partial charge in [-0.1, -0.05) is 18.2 Å². The van der Waals surface area contributed by atoms with Crippen LogP contribution in [-0.4, -0.2) is 49.4 Å². The minimum absolute atomic E-state index is 0.101. The minimum Gasteiger partial charge on any atom is -0.337 e. The molecule has 0 aliphatic carbocycles. The summed E-state index contributed by atoms with van der Waals surface area (Å²) in [6.45, 7) is 4.78. The van der Waals surface area contributed by atoms with Crippen LogP contribution in [0.5, 0.6) is 0 Å². The van der Waals surface area contributed by atoms with Crippen LogP contribution in [-0.2, 0) is 24.7 Å². The van der Waals surface area contributed by atoms with Gasteiger partial charge in [0.1, 0.15) is 5.82 Å². The zero-order chi connectivity index (χ0) is 18.7. The molecule has 1 amide bonds. The largest absolute Gasteiger partial charge is 0.337 e. The van der Waals surface area contributed by atoms with Crippen molar-refractivity contribution < 1.29 is 9.59 Å². The van der Waals surface area contributed by atoms with Crippen molar-refractivity contribution in [3.63, 3.8) is 0 Å². The highest BCUT2D eigenvalue weighted by Gasteiger charge is 2.29. The zero-order valence-corrected chi connectivity index (χ0v) is 15.3. The lowest BCUT2D eigenvalue weighted by molar-refractivity contribution is -0.114. The minimum atomic E-state index is -0.113. The number of nitrogens with zero attached hydrogens (tertiary/aromatic N) is 5. The van der Waals surface area contributed by atoms with E-state index in [1.54, 1.807) is 35.1 Å². The lowest BCUT2D eigenvalue weighted by Crippen LogP contribution is -2.29. The van der Waals surface area contributed by atoms with Gasteiger partial charge in [0, 0.05) is 44.6 Å². The van der Waals surface area contributed by atoms with Gasteiger partial charge in [0.2, 0.25) is 0 Å². The second-order valence-electron chi connectivity index (χ2n) is 6.42. The molecule has 3 rings (SSSR count). The molecule has 26 heavy (non-hydrogen) atoms. The van der Waals surface area contributed by atoms with E-state index >= 15 is 0 Å². The van der Waals surface area contributed by atoms with Crippen LogP contribution in [0.4, 0.5) is 0 Å². The number of halogens is 1. The van der Waals surface area contributed by atoms with Crippen LogP contribution in [0.15, 0.2) is 31.1 Å². The van der Waals surface area contributed by atoms with E-state index in [1.807, 2.05) is 0 Å². The monoisotopic (exact) mass is 373 g/mol. The van der Waals surface area contributed by atoms with Crippen LogP contribution < -0.4 is 0 Å². The first-order chi connectivity index (χ1) is 12.5. The summed E-state index contributed by atoms with van der Waals surface area (Å²) in [5.74, 6) is 0.830. The zero-order valence-electron chi connectivity index (χ0n) is 14.6. The predicted octanol–water partition coefficient (Wildman–Crippen LogP) is 1.87. The van der Waals surface area contributed by atoms with Gasteiger partial charge in [0.25, 0.3) is 5.91 Å². The molecule has 3 heterocycles. The molecule has 7 nitrogen and oxygen atoms in total. The molecule has 0 saturated carbocycles. The summed E-state index contributed by atoms with van der Waals surface area (Å²) >= 11 is 5.80. The highest BCUT2D eigenvalue weighted by atomic mass is 35.5. The predicted molar refractivity (Wildman–Crippen MR) is 96.9 cm³/mol. The third kappa shape index (κ3) is 4.16. The fourth-order valence-electron chi connectivity index (χ4n) is 3.07. The summed E-state index contributed by atoms with van der Waals surface area (Å²) in [5, 5.41) is 4.77. The second-order valence-corrected chi connectivity index (χ2v) is 6.86. The van der Waals surface area contributed by atoms with Crippen molar-refractivity contribution in [2.45, 2.75) is 19.3 Å². The summed E-state index contributed by atoms with van der Waals surface area (Å²) in [5.41, 5.74) is 1.06. The van der Waals surface area contributed by atoms with E-state index in [1.165, 1.54) is 6.08 Å². The molecule has 0 aromatic carbocycles. The van der Waals surface area contributed by atoms with Crippen LogP contribution in [0.2, 0.25) is 5.02 Å². The molecule has 1 atom stereocenters.